The van der Waals surface area contributed by atoms with Crippen LogP contribution in [0.4, 0.5) is 5.69 Å². The smallest absolute Gasteiger partial charge is 0.183 e. The standard InChI is InChI=1S/C16H13ClN2S/c17-16-19-11-13(20-16)10-18-15-9-5-4-8-14(15)12-6-2-1-3-7-12/h1-9,11,18H,10H2. The molecule has 4 heteroatoms. The number of halogens is 1. The molecule has 1 aromatic heterocycles. The van der Waals surface area contributed by atoms with Gasteiger partial charge in [-0.1, -0.05) is 60.1 Å². The Morgan fingerprint density at radius 3 is 2.50 bits per heavy atom. The molecular weight excluding hydrogens is 288 g/mol. The van der Waals surface area contributed by atoms with Gasteiger partial charge in [-0.05, 0) is 11.6 Å². The number of anilines is 1. The van der Waals surface area contributed by atoms with Crippen molar-refractivity contribution in [2.75, 3.05) is 5.32 Å². The van der Waals surface area contributed by atoms with Gasteiger partial charge in [-0.25, -0.2) is 4.98 Å². The number of hydrogen-bond donors (Lipinski definition) is 1. The van der Waals surface area contributed by atoms with E-state index in [1.54, 1.807) is 0 Å². The summed E-state index contributed by atoms with van der Waals surface area (Å²) in [6.07, 6.45) is 1.81. The molecule has 3 aromatic rings. The number of para-hydroxylation sites is 1. The summed E-state index contributed by atoms with van der Waals surface area (Å²) in [6.45, 7) is 0.730. The molecule has 0 saturated heterocycles. The van der Waals surface area contributed by atoms with Gasteiger partial charge in [0.1, 0.15) is 0 Å². The Kier molecular flexibility index (Phi) is 4.00. The van der Waals surface area contributed by atoms with Gasteiger partial charge in [0.15, 0.2) is 4.47 Å². The normalized spacial score (nSPS) is 10.4. The summed E-state index contributed by atoms with van der Waals surface area (Å²) < 4.78 is 0.582. The predicted molar refractivity (Wildman–Crippen MR) is 86.3 cm³/mol. The van der Waals surface area contributed by atoms with Crippen molar-refractivity contribution in [3.05, 3.63) is 70.1 Å². The second-order valence-electron chi connectivity index (χ2n) is 4.34. The van der Waals surface area contributed by atoms with Gasteiger partial charge in [0.2, 0.25) is 0 Å². The first kappa shape index (κ1) is 13.2. The van der Waals surface area contributed by atoms with E-state index in [9.17, 15) is 0 Å². The average Bonchev–Trinajstić information content (AvgIpc) is 2.92. The summed E-state index contributed by atoms with van der Waals surface area (Å²) in [5, 5.41) is 3.45. The maximum Gasteiger partial charge on any atom is 0.183 e. The summed E-state index contributed by atoms with van der Waals surface area (Å²) in [7, 11) is 0. The molecule has 20 heavy (non-hydrogen) atoms. The van der Waals surface area contributed by atoms with Gasteiger partial charge >= 0.3 is 0 Å². The summed E-state index contributed by atoms with van der Waals surface area (Å²) >= 11 is 7.35. The van der Waals surface area contributed by atoms with E-state index < -0.39 is 0 Å². The lowest BCUT2D eigenvalue weighted by molar-refractivity contribution is 1.18. The average molecular weight is 301 g/mol. The van der Waals surface area contributed by atoms with E-state index in [1.165, 1.54) is 22.5 Å². The topological polar surface area (TPSA) is 24.9 Å². The van der Waals surface area contributed by atoms with Crippen LogP contribution in [0.2, 0.25) is 4.47 Å². The van der Waals surface area contributed by atoms with Crippen LogP contribution in [0.5, 0.6) is 0 Å². The molecule has 0 atom stereocenters. The third-order valence-electron chi connectivity index (χ3n) is 2.99. The van der Waals surface area contributed by atoms with Gasteiger partial charge in [0, 0.05) is 22.3 Å². The number of nitrogens with zero attached hydrogens (tertiary/aromatic N) is 1. The molecular formula is C16H13ClN2S. The molecule has 2 nitrogen and oxygen atoms in total. The summed E-state index contributed by atoms with van der Waals surface area (Å²) in [5.74, 6) is 0. The predicted octanol–water partition coefficient (Wildman–Crippen LogP) is 5.08. The maximum atomic E-state index is 5.85. The second kappa shape index (κ2) is 6.07. The molecule has 0 aliphatic rings. The van der Waals surface area contributed by atoms with Gasteiger partial charge in [0.05, 0.1) is 6.54 Å². The molecule has 100 valence electrons. The Labute approximate surface area is 127 Å². The molecule has 1 N–H and O–H groups in total. The molecule has 0 bridgehead atoms. The minimum Gasteiger partial charge on any atom is -0.380 e. The van der Waals surface area contributed by atoms with Crippen LogP contribution in [0.1, 0.15) is 4.88 Å². The van der Waals surface area contributed by atoms with Gasteiger partial charge in [-0.3, -0.25) is 0 Å². The van der Waals surface area contributed by atoms with Crippen LogP contribution in [0.25, 0.3) is 11.1 Å². The Hall–Kier alpha value is -1.84. The summed E-state index contributed by atoms with van der Waals surface area (Å²) in [6, 6.07) is 18.7. The van der Waals surface area contributed by atoms with E-state index in [0.717, 1.165) is 17.1 Å². The fourth-order valence-corrected chi connectivity index (χ4v) is 2.97. The second-order valence-corrected chi connectivity index (χ2v) is 6.04. The minimum atomic E-state index is 0.582. The van der Waals surface area contributed by atoms with E-state index in [1.807, 2.05) is 18.3 Å². The monoisotopic (exact) mass is 300 g/mol. The Balaban J connectivity index is 1.83. The summed E-state index contributed by atoms with van der Waals surface area (Å²) in [4.78, 5) is 5.18. The lowest BCUT2D eigenvalue weighted by atomic mass is 10.0. The molecule has 1 heterocycles. The zero-order valence-corrected chi connectivity index (χ0v) is 12.3. The van der Waals surface area contributed by atoms with Crippen molar-refractivity contribution < 1.29 is 0 Å². The van der Waals surface area contributed by atoms with Crippen molar-refractivity contribution in [1.29, 1.82) is 0 Å². The molecule has 0 radical (unpaired) electrons. The quantitative estimate of drug-likeness (QED) is 0.727. The number of rotatable bonds is 4. The van der Waals surface area contributed by atoms with Crippen LogP contribution in [-0.4, -0.2) is 4.98 Å². The largest absolute Gasteiger partial charge is 0.380 e. The van der Waals surface area contributed by atoms with Crippen LogP contribution in [0, 0.1) is 0 Å². The lowest BCUT2D eigenvalue weighted by Gasteiger charge is -2.11. The number of nitrogens with one attached hydrogen (secondary N) is 1. The molecule has 0 unspecified atom stereocenters. The highest BCUT2D eigenvalue weighted by Gasteiger charge is 2.05. The van der Waals surface area contributed by atoms with Crippen LogP contribution in [0.3, 0.4) is 0 Å². The fourth-order valence-electron chi connectivity index (χ4n) is 2.05. The first-order chi connectivity index (χ1) is 9.83. The first-order valence-electron chi connectivity index (χ1n) is 6.31. The maximum absolute atomic E-state index is 5.85. The van der Waals surface area contributed by atoms with Crippen LogP contribution in [0.15, 0.2) is 60.8 Å². The molecule has 3 rings (SSSR count). The highest BCUT2D eigenvalue weighted by atomic mass is 35.5. The van der Waals surface area contributed by atoms with Gasteiger partial charge < -0.3 is 5.32 Å². The minimum absolute atomic E-state index is 0.582. The molecule has 0 aliphatic heterocycles. The highest BCUT2D eigenvalue weighted by molar-refractivity contribution is 7.15. The molecule has 0 amide bonds. The highest BCUT2D eigenvalue weighted by Crippen LogP contribution is 2.28. The van der Waals surface area contributed by atoms with E-state index in [-0.39, 0.29) is 0 Å². The number of benzene rings is 2. The fraction of sp³-hybridized carbons (Fsp3) is 0.0625. The van der Waals surface area contributed by atoms with E-state index in [4.69, 9.17) is 11.6 Å². The van der Waals surface area contributed by atoms with Gasteiger partial charge in [0.25, 0.3) is 0 Å². The molecule has 0 aliphatic carbocycles. The molecule has 0 fully saturated rings. The van der Waals surface area contributed by atoms with Gasteiger partial charge in [-0.15, -0.1) is 11.3 Å². The molecule has 0 spiro atoms. The third-order valence-corrected chi connectivity index (χ3v) is 4.11. The van der Waals surface area contributed by atoms with E-state index in [0.29, 0.717) is 4.47 Å². The zero-order chi connectivity index (χ0) is 13.8. The number of aromatic nitrogens is 1. The molecule has 2 aromatic carbocycles. The lowest BCUT2D eigenvalue weighted by Crippen LogP contribution is -1.99. The van der Waals surface area contributed by atoms with Crippen molar-refractivity contribution in [1.82, 2.24) is 4.98 Å². The van der Waals surface area contributed by atoms with E-state index >= 15 is 0 Å². The van der Waals surface area contributed by atoms with Crippen LogP contribution in [-0.2, 0) is 6.54 Å². The van der Waals surface area contributed by atoms with Gasteiger partial charge in [-0.2, -0.15) is 0 Å². The Morgan fingerprint density at radius 2 is 1.75 bits per heavy atom. The number of thiazole rings is 1. The third kappa shape index (κ3) is 3.00. The SMILES string of the molecule is Clc1ncc(CNc2ccccc2-c2ccccc2)s1. The van der Waals surface area contributed by atoms with E-state index in [2.05, 4.69) is 52.8 Å². The van der Waals surface area contributed by atoms with Crippen LogP contribution < -0.4 is 5.32 Å². The van der Waals surface area contributed by atoms with Crippen molar-refractivity contribution in [3.63, 3.8) is 0 Å². The Morgan fingerprint density at radius 1 is 1.00 bits per heavy atom. The first-order valence-corrected chi connectivity index (χ1v) is 7.51. The van der Waals surface area contributed by atoms with Crippen molar-refractivity contribution in [3.8, 4) is 11.1 Å². The van der Waals surface area contributed by atoms with Crippen LogP contribution >= 0.6 is 22.9 Å². The van der Waals surface area contributed by atoms with Crippen molar-refractivity contribution >= 4 is 28.6 Å². The van der Waals surface area contributed by atoms with Crippen molar-refractivity contribution in [2.45, 2.75) is 6.54 Å². The summed E-state index contributed by atoms with van der Waals surface area (Å²) in [5.41, 5.74) is 3.52. The number of hydrogen-bond acceptors (Lipinski definition) is 3. The van der Waals surface area contributed by atoms with Crippen molar-refractivity contribution in [2.24, 2.45) is 0 Å². The zero-order valence-electron chi connectivity index (χ0n) is 10.7. The molecule has 0 saturated carbocycles. The Bertz CT molecular complexity index is 694.